The Balaban J connectivity index is 3.88. The number of ether oxygens (including phenoxy) is 1. The zero-order chi connectivity index (χ0) is 9.07. The maximum Gasteiger partial charge on any atom is 0.325 e. The van der Waals surface area contributed by atoms with Crippen LogP contribution in [-0.4, -0.2) is 29.3 Å². The van der Waals surface area contributed by atoms with E-state index in [1.54, 1.807) is 20.8 Å². The van der Waals surface area contributed by atoms with Crippen LogP contribution in [0.25, 0.3) is 0 Å². The van der Waals surface area contributed by atoms with Crippen molar-refractivity contribution in [2.45, 2.75) is 32.4 Å². The summed E-state index contributed by atoms with van der Waals surface area (Å²) in [6, 6.07) is -0.922. The number of esters is 1. The van der Waals surface area contributed by atoms with Crippen molar-refractivity contribution in [3.05, 3.63) is 0 Å². The molecule has 4 nitrogen and oxygen atoms in total. The molecule has 0 saturated heterocycles. The molecule has 0 radical (unpaired) electrons. The van der Waals surface area contributed by atoms with Gasteiger partial charge >= 0.3 is 5.97 Å². The smallest absolute Gasteiger partial charge is 0.325 e. The number of aliphatic hydroxyl groups is 1. The van der Waals surface area contributed by atoms with E-state index in [4.69, 9.17) is 15.6 Å². The number of aliphatic hydroxyl groups excluding tert-OH is 1. The Morgan fingerprint density at radius 2 is 2.09 bits per heavy atom. The van der Waals surface area contributed by atoms with Crippen molar-refractivity contribution in [3.8, 4) is 0 Å². The molecule has 0 unspecified atom stereocenters. The number of hydrogen-bond acceptors (Lipinski definition) is 4. The lowest BCUT2D eigenvalue weighted by molar-refractivity contribution is -0.157. The van der Waals surface area contributed by atoms with Crippen LogP contribution in [0.1, 0.15) is 20.8 Å². The average molecular weight is 161 g/mol. The zero-order valence-corrected chi connectivity index (χ0v) is 7.13. The monoisotopic (exact) mass is 161 g/mol. The standard InChI is InChI=1S/C7H15NO3/c1-7(2,3)11-6(10)5(8)4-9/h5,9H,4,8H2,1-3H3/t5-/m1/s1. The van der Waals surface area contributed by atoms with Crippen LogP contribution in [0.3, 0.4) is 0 Å². The van der Waals surface area contributed by atoms with Crippen LogP contribution < -0.4 is 5.73 Å². The summed E-state index contributed by atoms with van der Waals surface area (Å²) in [7, 11) is 0. The number of nitrogens with two attached hydrogens (primary N) is 1. The predicted molar refractivity (Wildman–Crippen MR) is 40.9 cm³/mol. The van der Waals surface area contributed by atoms with Crippen molar-refractivity contribution in [1.82, 2.24) is 0 Å². The van der Waals surface area contributed by atoms with Gasteiger partial charge in [0, 0.05) is 0 Å². The lowest BCUT2D eigenvalue weighted by Gasteiger charge is -2.21. The topological polar surface area (TPSA) is 72.5 Å². The van der Waals surface area contributed by atoms with E-state index < -0.39 is 17.6 Å². The molecule has 0 saturated carbocycles. The number of hydrogen-bond donors (Lipinski definition) is 2. The normalized spacial score (nSPS) is 14.3. The van der Waals surface area contributed by atoms with Gasteiger partial charge in [0.05, 0.1) is 6.61 Å². The minimum atomic E-state index is -0.922. The molecule has 0 bridgehead atoms. The Hall–Kier alpha value is -0.610. The summed E-state index contributed by atoms with van der Waals surface area (Å²) in [5.41, 5.74) is 4.66. The second-order valence-corrected chi connectivity index (χ2v) is 3.32. The van der Waals surface area contributed by atoms with Crippen molar-refractivity contribution in [3.63, 3.8) is 0 Å². The summed E-state index contributed by atoms with van der Waals surface area (Å²) in [5, 5.41) is 8.48. The van der Waals surface area contributed by atoms with Gasteiger partial charge in [-0.25, -0.2) is 0 Å². The molecule has 0 aromatic rings. The van der Waals surface area contributed by atoms with Crippen molar-refractivity contribution >= 4 is 5.97 Å². The second-order valence-electron chi connectivity index (χ2n) is 3.32. The molecule has 0 aromatic heterocycles. The molecule has 0 aliphatic heterocycles. The van der Waals surface area contributed by atoms with Crippen LogP contribution >= 0.6 is 0 Å². The summed E-state index contributed by atoms with van der Waals surface area (Å²) < 4.78 is 4.87. The van der Waals surface area contributed by atoms with E-state index in [-0.39, 0.29) is 6.61 Å². The maximum atomic E-state index is 10.9. The van der Waals surface area contributed by atoms with Crippen LogP contribution in [0.4, 0.5) is 0 Å². The Bertz CT molecular complexity index is 139. The number of carbonyl (C=O) groups is 1. The van der Waals surface area contributed by atoms with Crippen LogP contribution in [0.5, 0.6) is 0 Å². The zero-order valence-electron chi connectivity index (χ0n) is 7.13. The van der Waals surface area contributed by atoms with Gasteiger partial charge in [-0.1, -0.05) is 0 Å². The molecule has 1 atom stereocenters. The molecule has 11 heavy (non-hydrogen) atoms. The van der Waals surface area contributed by atoms with Crippen LogP contribution in [-0.2, 0) is 9.53 Å². The number of rotatable bonds is 2. The van der Waals surface area contributed by atoms with E-state index >= 15 is 0 Å². The molecule has 4 heteroatoms. The fraction of sp³-hybridized carbons (Fsp3) is 0.857. The van der Waals surface area contributed by atoms with Crippen LogP contribution in [0.15, 0.2) is 0 Å². The number of carbonyl (C=O) groups excluding carboxylic acids is 1. The second kappa shape index (κ2) is 3.69. The van der Waals surface area contributed by atoms with Gasteiger partial charge in [-0.2, -0.15) is 0 Å². The molecular weight excluding hydrogens is 146 g/mol. The Labute approximate surface area is 66.3 Å². The maximum absolute atomic E-state index is 10.9. The highest BCUT2D eigenvalue weighted by atomic mass is 16.6. The third kappa shape index (κ3) is 4.75. The first-order chi connectivity index (χ1) is 4.87. The molecule has 0 fully saturated rings. The van der Waals surface area contributed by atoms with Gasteiger partial charge in [0.15, 0.2) is 0 Å². The minimum absolute atomic E-state index is 0.380. The van der Waals surface area contributed by atoms with E-state index in [1.165, 1.54) is 0 Å². The van der Waals surface area contributed by atoms with Gasteiger partial charge in [-0.05, 0) is 20.8 Å². The van der Waals surface area contributed by atoms with Gasteiger partial charge in [0.25, 0.3) is 0 Å². The van der Waals surface area contributed by atoms with E-state index in [1.807, 2.05) is 0 Å². The quantitative estimate of drug-likeness (QED) is 0.543. The molecular formula is C7H15NO3. The fourth-order valence-electron chi connectivity index (χ4n) is 0.452. The Kier molecular flexibility index (Phi) is 3.48. The van der Waals surface area contributed by atoms with Gasteiger partial charge in [0.1, 0.15) is 11.6 Å². The first-order valence-electron chi connectivity index (χ1n) is 3.46. The molecule has 0 aliphatic rings. The first kappa shape index (κ1) is 10.4. The molecule has 0 amide bonds. The van der Waals surface area contributed by atoms with Gasteiger partial charge in [-0.15, -0.1) is 0 Å². The average Bonchev–Trinajstić information content (AvgIpc) is 1.82. The van der Waals surface area contributed by atoms with E-state index in [9.17, 15) is 4.79 Å². The van der Waals surface area contributed by atoms with Crippen LogP contribution in [0, 0.1) is 0 Å². The van der Waals surface area contributed by atoms with Crippen molar-refractivity contribution in [2.75, 3.05) is 6.61 Å². The van der Waals surface area contributed by atoms with Crippen molar-refractivity contribution < 1.29 is 14.6 Å². The first-order valence-corrected chi connectivity index (χ1v) is 3.46. The highest BCUT2D eigenvalue weighted by Crippen LogP contribution is 2.07. The molecule has 0 spiro atoms. The molecule has 0 rings (SSSR count). The summed E-state index contributed by atoms with van der Waals surface area (Å²) in [6.07, 6.45) is 0. The third-order valence-corrected chi connectivity index (χ3v) is 0.906. The third-order valence-electron chi connectivity index (χ3n) is 0.906. The fourth-order valence-corrected chi connectivity index (χ4v) is 0.452. The van der Waals surface area contributed by atoms with Crippen LogP contribution in [0.2, 0.25) is 0 Å². The highest BCUT2D eigenvalue weighted by Gasteiger charge is 2.20. The summed E-state index contributed by atoms with van der Waals surface area (Å²) in [5.74, 6) is -0.569. The lowest BCUT2D eigenvalue weighted by atomic mass is 10.2. The molecule has 0 aromatic carbocycles. The Morgan fingerprint density at radius 1 is 1.64 bits per heavy atom. The van der Waals surface area contributed by atoms with E-state index in [0.717, 1.165) is 0 Å². The summed E-state index contributed by atoms with van der Waals surface area (Å²) in [6.45, 7) is 4.86. The van der Waals surface area contributed by atoms with Gasteiger partial charge in [0.2, 0.25) is 0 Å². The van der Waals surface area contributed by atoms with Crippen molar-refractivity contribution in [2.24, 2.45) is 5.73 Å². The highest BCUT2D eigenvalue weighted by molar-refractivity contribution is 5.75. The van der Waals surface area contributed by atoms with E-state index in [0.29, 0.717) is 0 Å². The van der Waals surface area contributed by atoms with Crippen molar-refractivity contribution in [1.29, 1.82) is 0 Å². The molecule has 3 N–H and O–H groups in total. The minimum Gasteiger partial charge on any atom is -0.459 e. The SMILES string of the molecule is CC(C)(C)OC(=O)[C@H](N)CO. The lowest BCUT2D eigenvalue weighted by Crippen LogP contribution is -2.39. The largest absolute Gasteiger partial charge is 0.459 e. The molecule has 0 aliphatic carbocycles. The van der Waals surface area contributed by atoms with Gasteiger partial charge < -0.3 is 15.6 Å². The predicted octanol–water partition coefficient (Wildman–Crippen LogP) is -0.352. The summed E-state index contributed by atoms with van der Waals surface area (Å²) in [4.78, 5) is 10.9. The van der Waals surface area contributed by atoms with E-state index in [2.05, 4.69) is 0 Å². The van der Waals surface area contributed by atoms with Gasteiger partial charge in [-0.3, -0.25) is 4.79 Å². The summed E-state index contributed by atoms with van der Waals surface area (Å²) >= 11 is 0. The molecule has 0 heterocycles. The Morgan fingerprint density at radius 3 is 2.36 bits per heavy atom. The molecule has 66 valence electrons.